The third-order valence-electron chi connectivity index (χ3n) is 3.72. The van der Waals surface area contributed by atoms with E-state index in [2.05, 4.69) is 10.4 Å². The minimum atomic E-state index is -0.440. The summed E-state index contributed by atoms with van der Waals surface area (Å²) in [6.45, 7) is 3.90. The lowest BCUT2D eigenvalue weighted by atomic mass is 10.3. The number of carbonyl (C=O) groups is 1. The van der Waals surface area contributed by atoms with Crippen LogP contribution in [-0.4, -0.2) is 21.4 Å². The van der Waals surface area contributed by atoms with E-state index < -0.39 is 5.82 Å². The Labute approximate surface area is 150 Å². The number of hydrogen-bond donors (Lipinski definition) is 1. The number of hydrogen-bond acceptors (Lipinski definition) is 3. The van der Waals surface area contributed by atoms with Crippen LogP contribution in [0.5, 0.6) is 0 Å². The molecular formula is C19H18FN3OS. The maximum absolute atomic E-state index is 13.6. The molecule has 0 aliphatic rings. The van der Waals surface area contributed by atoms with Crippen LogP contribution < -0.4 is 5.32 Å². The summed E-state index contributed by atoms with van der Waals surface area (Å²) in [4.78, 5) is 13.1. The lowest BCUT2D eigenvalue weighted by Gasteiger charge is -2.07. The molecule has 1 heterocycles. The maximum Gasteiger partial charge on any atom is 0.234 e. The second kappa shape index (κ2) is 7.53. The third kappa shape index (κ3) is 3.91. The molecule has 0 spiro atoms. The van der Waals surface area contributed by atoms with Crippen LogP contribution >= 0.6 is 11.8 Å². The van der Waals surface area contributed by atoms with Crippen molar-refractivity contribution >= 4 is 23.4 Å². The molecule has 6 heteroatoms. The highest BCUT2D eigenvalue weighted by molar-refractivity contribution is 8.00. The SMILES string of the molecule is Cc1nn(-c2ccccc2)c(C)c1SCC(=O)Nc1ccccc1F. The quantitative estimate of drug-likeness (QED) is 0.692. The Morgan fingerprint density at radius 3 is 2.52 bits per heavy atom. The van der Waals surface area contributed by atoms with Gasteiger partial charge in [0, 0.05) is 0 Å². The van der Waals surface area contributed by atoms with Gasteiger partial charge in [0.05, 0.1) is 33.4 Å². The van der Waals surface area contributed by atoms with Gasteiger partial charge in [0.15, 0.2) is 0 Å². The molecular weight excluding hydrogens is 337 g/mol. The number of para-hydroxylation sites is 2. The molecule has 1 amide bonds. The first-order valence-electron chi connectivity index (χ1n) is 7.85. The Morgan fingerprint density at radius 2 is 1.80 bits per heavy atom. The molecule has 128 valence electrons. The molecule has 0 fully saturated rings. The Bertz CT molecular complexity index is 893. The van der Waals surface area contributed by atoms with Crippen molar-refractivity contribution in [1.29, 1.82) is 0 Å². The minimum Gasteiger partial charge on any atom is -0.323 e. The fourth-order valence-electron chi connectivity index (χ4n) is 2.54. The monoisotopic (exact) mass is 355 g/mol. The van der Waals surface area contributed by atoms with E-state index in [1.54, 1.807) is 18.2 Å². The first-order chi connectivity index (χ1) is 12.1. The van der Waals surface area contributed by atoms with Gasteiger partial charge >= 0.3 is 0 Å². The van der Waals surface area contributed by atoms with Crippen molar-refractivity contribution in [2.75, 3.05) is 11.1 Å². The normalized spacial score (nSPS) is 10.7. The van der Waals surface area contributed by atoms with E-state index in [1.807, 2.05) is 48.9 Å². The van der Waals surface area contributed by atoms with Crippen molar-refractivity contribution < 1.29 is 9.18 Å². The fraction of sp³-hybridized carbons (Fsp3) is 0.158. The van der Waals surface area contributed by atoms with Gasteiger partial charge in [-0.05, 0) is 38.1 Å². The highest BCUT2D eigenvalue weighted by atomic mass is 32.2. The van der Waals surface area contributed by atoms with Crippen molar-refractivity contribution in [2.45, 2.75) is 18.7 Å². The fourth-order valence-corrected chi connectivity index (χ4v) is 3.44. The second-order valence-corrected chi connectivity index (χ2v) is 6.55. The number of amides is 1. The topological polar surface area (TPSA) is 46.9 Å². The van der Waals surface area contributed by atoms with Crippen LogP contribution in [0, 0.1) is 19.7 Å². The average molecular weight is 355 g/mol. The van der Waals surface area contributed by atoms with Crippen LogP contribution in [0.3, 0.4) is 0 Å². The number of aryl methyl sites for hydroxylation is 1. The summed E-state index contributed by atoms with van der Waals surface area (Å²) in [6, 6.07) is 16.0. The Kier molecular flexibility index (Phi) is 5.19. The number of halogens is 1. The summed E-state index contributed by atoms with van der Waals surface area (Å²) in [6.07, 6.45) is 0. The number of anilines is 1. The van der Waals surface area contributed by atoms with Gasteiger partial charge in [-0.1, -0.05) is 30.3 Å². The van der Waals surface area contributed by atoms with Crippen LogP contribution in [-0.2, 0) is 4.79 Å². The zero-order valence-electron chi connectivity index (χ0n) is 14.0. The van der Waals surface area contributed by atoms with E-state index in [4.69, 9.17) is 0 Å². The number of rotatable bonds is 5. The Hall–Kier alpha value is -2.60. The Morgan fingerprint density at radius 1 is 1.12 bits per heavy atom. The van der Waals surface area contributed by atoms with Gasteiger partial charge in [-0.2, -0.15) is 5.10 Å². The Balaban J connectivity index is 1.70. The molecule has 0 aliphatic carbocycles. The van der Waals surface area contributed by atoms with Gasteiger partial charge in [0.2, 0.25) is 5.91 Å². The van der Waals surface area contributed by atoms with Crippen LogP contribution in [0.15, 0.2) is 59.5 Å². The molecule has 0 aliphatic heterocycles. The van der Waals surface area contributed by atoms with Gasteiger partial charge < -0.3 is 5.32 Å². The predicted molar refractivity (Wildman–Crippen MR) is 98.8 cm³/mol. The summed E-state index contributed by atoms with van der Waals surface area (Å²) >= 11 is 1.40. The lowest BCUT2D eigenvalue weighted by Crippen LogP contribution is -2.15. The van der Waals surface area contributed by atoms with Crippen LogP contribution in [0.2, 0.25) is 0 Å². The number of aromatic nitrogens is 2. The molecule has 2 aromatic carbocycles. The molecule has 1 aromatic heterocycles. The van der Waals surface area contributed by atoms with Crippen LogP contribution in [0.1, 0.15) is 11.4 Å². The summed E-state index contributed by atoms with van der Waals surface area (Å²) < 4.78 is 15.5. The van der Waals surface area contributed by atoms with Crippen LogP contribution in [0.4, 0.5) is 10.1 Å². The number of benzene rings is 2. The van der Waals surface area contributed by atoms with E-state index in [9.17, 15) is 9.18 Å². The van der Waals surface area contributed by atoms with Gasteiger partial charge in [-0.15, -0.1) is 11.8 Å². The van der Waals surface area contributed by atoms with E-state index in [-0.39, 0.29) is 17.3 Å². The lowest BCUT2D eigenvalue weighted by molar-refractivity contribution is -0.113. The zero-order chi connectivity index (χ0) is 17.8. The molecule has 4 nitrogen and oxygen atoms in total. The molecule has 0 bridgehead atoms. The smallest absolute Gasteiger partial charge is 0.234 e. The molecule has 3 aromatic rings. The van der Waals surface area contributed by atoms with E-state index >= 15 is 0 Å². The summed E-state index contributed by atoms with van der Waals surface area (Å²) in [5.74, 6) is -0.497. The largest absolute Gasteiger partial charge is 0.323 e. The van der Waals surface area contributed by atoms with Gasteiger partial charge in [0.1, 0.15) is 5.82 Å². The predicted octanol–water partition coefficient (Wildman–Crippen LogP) is 4.36. The first-order valence-corrected chi connectivity index (χ1v) is 8.83. The third-order valence-corrected chi connectivity index (χ3v) is 5.01. The minimum absolute atomic E-state index is 0.191. The first kappa shape index (κ1) is 17.2. The standard InChI is InChI=1S/C19H18FN3OS/c1-13-19(14(2)23(22-13)15-8-4-3-5-9-15)25-12-18(24)21-17-11-7-6-10-16(17)20/h3-11H,12H2,1-2H3,(H,21,24). The molecule has 25 heavy (non-hydrogen) atoms. The van der Waals surface area contributed by atoms with Crippen molar-refractivity contribution in [1.82, 2.24) is 9.78 Å². The highest BCUT2D eigenvalue weighted by Crippen LogP contribution is 2.28. The van der Waals surface area contributed by atoms with Gasteiger partial charge in [0.25, 0.3) is 0 Å². The number of nitrogens with one attached hydrogen (secondary N) is 1. The van der Waals surface area contributed by atoms with Crippen molar-refractivity contribution in [3.63, 3.8) is 0 Å². The second-order valence-electron chi connectivity index (χ2n) is 5.56. The highest BCUT2D eigenvalue weighted by Gasteiger charge is 2.15. The van der Waals surface area contributed by atoms with E-state index in [0.29, 0.717) is 0 Å². The number of nitrogens with zero attached hydrogens (tertiary/aromatic N) is 2. The molecule has 0 saturated heterocycles. The van der Waals surface area contributed by atoms with Crippen molar-refractivity contribution in [3.05, 3.63) is 71.8 Å². The van der Waals surface area contributed by atoms with Crippen LogP contribution in [0.25, 0.3) is 5.69 Å². The van der Waals surface area contributed by atoms with Gasteiger partial charge in [-0.3, -0.25) is 4.79 Å². The molecule has 0 unspecified atom stereocenters. The number of carbonyl (C=O) groups excluding carboxylic acids is 1. The zero-order valence-corrected chi connectivity index (χ0v) is 14.8. The average Bonchev–Trinajstić information content (AvgIpc) is 2.90. The van der Waals surface area contributed by atoms with E-state index in [0.717, 1.165) is 22.0 Å². The van der Waals surface area contributed by atoms with E-state index in [1.165, 1.54) is 17.8 Å². The van der Waals surface area contributed by atoms with Gasteiger partial charge in [-0.25, -0.2) is 9.07 Å². The molecule has 1 N–H and O–H groups in total. The summed E-state index contributed by atoms with van der Waals surface area (Å²) in [7, 11) is 0. The van der Waals surface area contributed by atoms with Crippen molar-refractivity contribution in [3.8, 4) is 5.69 Å². The number of thioether (sulfide) groups is 1. The van der Waals surface area contributed by atoms with Crippen molar-refractivity contribution in [2.24, 2.45) is 0 Å². The molecule has 0 saturated carbocycles. The molecule has 0 radical (unpaired) electrons. The summed E-state index contributed by atoms with van der Waals surface area (Å²) in [5.41, 5.74) is 3.02. The maximum atomic E-state index is 13.6. The molecule has 0 atom stereocenters. The molecule has 3 rings (SSSR count). The summed E-state index contributed by atoms with van der Waals surface area (Å²) in [5, 5.41) is 7.16.